The summed E-state index contributed by atoms with van der Waals surface area (Å²) in [6.45, 7) is 3.07. The number of aromatic nitrogens is 6. The molecule has 130 valence electrons. The van der Waals surface area contributed by atoms with Crippen LogP contribution in [0.5, 0.6) is 0 Å². The summed E-state index contributed by atoms with van der Waals surface area (Å²) < 4.78 is 4.09. The van der Waals surface area contributed by atoms with Crippen molar-refractivity contribution in [2.24, 2.45) is 5.92 Å². The minimum atomic E-state index is 0.758. The molecule has 0 radical (unpaired) electrons. The van der Waals surface area contributed by atoms with Crippen molar-refractivity contribution in [1.82, 2.24) is 29.1 Å². The number of nitrogens with one attached hydrogen (secondary N) is 1. The Hall–Kier alpha value is -3.22. The van der Waals surface area contributed by atoms with E-state index >= 15 is 0 Å². The van der Waals surface area contributed by atoms with E-state index in [-0.39, 0.29) is 0 Å². The van der Waals surface area contributed by atoms with Crippen molar-refractivity contribution in [2.45, 2.75) is 26.3 Å². The molecule has 4 aromatic rings. The number of hydrogen-bond acceptors (Lipinski definition) is 5. The number of anilines is 2. The molecule has 0 amide bonds. The molecule has 0 spiro atoms. The number of fused-ring (bicyclic) bond motifs is 1. The quantitative estimate of drug-likeness (QED) is 0.599. The maximum atomic E-state index is 4.78. The Kier molecular flexibility index (Phi) is 3.44. The number of hydrogen-bond donors (Lipinski definition) is 1. The van der Waals surface area contributed by atoms with Gasteiger partial charge in [-0.3, -0.25) is 0 Å². The summed E-state index contributed by atoms with van der Waals surface area (Å²) in [5.74, 6) is 2.33. The molecule has 5 rings (SSSR count). The van der Waals surface area contributed by atoms with E-state index < -0.39 is 0 Å². The number of rotatable bonds is 5. The number of pyridine rings is 2. The van der Waals surface area contributed by atoms with E-state index in [1.807, 2.05) is 41.5 Å². The summed E-state index contributed by atoms with van der Waals surface area (Å²) in [5, 5.41) is 3.31. The van der Waals surface area contributed by atoms with Gasteiger partial charge >= 0.3 is 0 Å². The van der Waals surface area contributed by atoms with Crippen LogP contribution in [0.3, 0.4) is 0 Å². The molecule has 1 saturated carbocycles. The SMILES string of the molecule is Cc1cc(Nc2ccc(-n3ccnc3)cn2)nc2c1ncn2CC1CC1. The van der Waals surface area contributed by atoms with E-state index in [0.29, 0.717) is 0 Å². The molecule has 1 fully saturated rings. The van der Waals surface area contributed by atoms with Crippen molar-refractivity contribution < 1.29 is 0 Å². The van der Waals surface area contributed by atoms with Gasteiger partial charge in [0.05, 0.1) is 24.5 Å². The maximum absolute atomic E-state index is 4.78. The van der Waals surface area contributed by atoms with Gasteiger partial charge in [-0.2, -0.15) is 0 Å². The van der Waals surface area contributed by atoms with E-state index in [2.05, 4.69) is 31.8 Å². The lowest BCUT2D eigenvalue weighted by molar-refractivity contribution is 0.638. The second-order valence-corrected chi connectivity index (χ2v) is 6.83. The summed E-state index contributed by atoms with van der Waals surface area (Å²) in [4.78, 5) is 17.9. The number of nitrogens with zero attached hydrogens (tertiary/aromatic N) is 6. The monoisotopic (exact) mass is 345 g/mol. The van der Waals surface area contributed by atoms with E-state index in [1.165, 1.54) is 12.8 Å². The molecule has 0 unspecified atom stereocenters. The first kappa shape index (κ1) is 15.1. The molecular weight excluding hydrogens is 326 g/mol. The lowest BCUT2D eigenvalue weighted by Crippen LogP contribution is -2.02. The summed E-state index contributed by atoms with van der Waals surface area (Å²) in [5.41, 5.74) is 3.99. The van der Waals surface area contributed by atoms with Crippen molar-refractivity contribution in [2.75, 3.05) is 5.32 Å². The molecular formula is C19H19N7. The van der Waals surface area contributed by atoms with Gasteiger partial charge in [0.1, 0.15) is 17.2 Å². The van der Waals surface area contributed by atoms with E-state index in [4.69, 9.17) is 4.98 Å². The van der Waals surface area contributed by atoms with Gasteiger partial charge in [0.25, 0.3) is 0 Å². The van der Waals surface area contributed by atoms with Gasteiger partial charge in [-0.15, -0.1) is 0 Å². The van der Waals surface area contributed by atoms with Crippen LogP contribution in [0.15, 0.2) is 49.4 Å². The van der Waals surface area contributed by atoms with Crippen molar-refractivity contribution in [3.63, 3.8) is 0 Å². The zero-order valence-corrected chi connectivity index (χ0v) is 14.5. The molecule has 1 aliphatic rings. The van der Waals surface area contributed by atoms with Crippen molar-refractivity contribution in [3.8, 4) is 5.69 Å². The standard InChI is InChI=1S/C19H19N7/c1-13-8-17(24-19-18(13)22-12-26(19)10-14-2-3-14)23-16-5-4-15(9-21-16)25-7-6-20-11-25/h4-9,11-12,14H,2-3,10H2,1H3,(H,21,23,24). The molecule has 1 N–H and O–H groups in total. The first-order valence-corrected chi connectivity index (χ1v) is 8.80. The van der Waals surface area contributed by atoms with E-state index in [0.717, 1.165) is 46.5 Å². The third-order valence-corrected chi connectivity index (χ3v) is 4.72. The molecule has 0 aromatic carbocycles. The van der Waals surface area contributed by atoms with Gasteiger partial charge in [0, 0.05) is 18.9 Å². The van der Waals surface area contributed by atoms with Crippen LogP contribution in [-0.2, 0) is 6.54 Å². The molecule has 0 atom stereocenters. The Balaban J connectivity index is 1.43. The Labute approximate surface area is 150 Å². The predicted molar refractivity (Wildman–Crippen MR) is 99.6 cm³/mol. The molecule has 1 aliphatic carbocycles. The van der Waals surface area contributed by atoms with Gasteiger partial charge in [-0.1, -0.05) is 0 Å². The predicted octanol–water partition coefficient (Wildman–Crippen LogP) is 3.47. The molecule has 0 bridgehead atoms. The Morgan fingerprint density at radius 1 is 1.15 bits per heavy atom. The van der Waals surface area contributed by atoms with Crippen LogP contribution >= 0.6 is 0 Å². The van der Waals surface area contributed by atoms with Gasteiger partial charge in [0.15, 0.2) is 5.65 Å². The molecule has 7 heteroatoms. The highest BCUT2D eigenvalue weighted by atomic mass is 15.1. The zero-order chi connectivity index (χ0) is 17.5. The number of imidazole rings is 2. The molecule has 0 aliphatic heterocycles. The smallest absolute Gasteiger partial charge is 0.162 e. The molecule has 0 saturated heterocycles. The van der Waals surface area contributed by atoms with Crippen molar-refractivity contribution in [3.05, 3.63) is 55.0 Å². The lowest BCUT2D eigenvalue weighted by atomic mass is 10.2. The summed E-state index contributed by atoms with van der Waals surface area (Å²) in [6, 6.07) is 5.96. The third kappa shape index (κ3) is 2.81. The fraction of sp³-hybridized carbons (Fsp3) is 0.263. The second kappa shape index (κ2) is 5.94. The van der Waals surface area contributed by atoms with Crippen molar-refractivity contribution in [1.29, 1.82) is 0 Å². The molecule has 4 aromatic heterocycles. The summed E-state index contributed by atoms with van der Waals surface area (Å²) in [7, 11) is 0. The van der Waals surface area contributed by atoms with Crippen molar-refractivity contribution >= 4 is 22.8 Å². The topological polar surface area (TPSA) is 73.5 Å². The minimum Gasteiger partial charge on any atom is -0.325 e. The van der Waals surface area contributed by atoms with Gasteiger partial charge in [-0.05, 0) is 49.4 Å². The normalized spacial score (nSPS) is 14.0. The van der Waals surface area contributed by atoms with Crippen LogP contribution in [0.1, 0.15) is 18.4 Å². The van der Waals surface area contributed by atoms with Crippen LogP contribution in [0, 0.1) is 12.8 Å². The average Bonchev–Trinajstić information content (AvgIpc) is 3.13. The van der Waals surface area contributed by atoms with Crippen LogP contribution < -0.4 is 5.32 Å². The fourth-order valence-electron chi connectivity index (χ4n) is 3.12. The Bertz CT molecular complexity index is 1040. The van der Waals surface area contributed by atoms with Crippen LogP contribution in [0.2, 0.25) is 0 Å². The third-order valence-electron chi connectivity index (χ3n) is 4.72. The summed E-state index contributed by atoms with van der Waals surface area (Å²) >= 11 is 0. The Morgan fingerprint density at radius 2 is 2.08 bits per heavy atom. The minimum absolute atomic E-state index is 0.758. The van der Waals surface area contributed by atoms with Gasteiger partial charge in [-0.25, -0.2) is 19.9 Å². The van der Waals surface area contributed by atoms with Crippen LogP contribution in [0.25, 0.3) is 16.9 Å². The highest BCUT2D eigenvalue weighted by Crippen LogP contribution is 2.32. The first-order chi connectivity index (χ1) is 12.8. The highest BCUT2D eigenvalue weighted by molar-refractivity contribution is 5.78. The molecule has 4 heterocycles. The molecule has 7 nitrogen and oxygen atoms in total. The molecule has 26 heavy (non-hydrogen) atoms. The average molecular weight is 345 g/mol. The van der Waals surface area contributed by atoms with Crippen LogP contribution in [-0.4, -0.2) is 29.1 Å². The van der Waals surface area contributed by atoms with E-state index in [9.17, 15) is 0 Å². The zero-order valence-electron chi connectivity index (χ0n) is 14.5. The Morgan fingerprint density at radius 3 is 2.81 bits per heavy atom. The largest absolute Gasteiger partial charge is 0.325 e. The van der Waals surface area contributed by atoms with Gasteiger partial charge in [0.2, 0.25) is 0 Å². The van der Waals surface area contributed by atoms with Gasteiger partial charge < -0.3 is 14.5 Å². The second-order valence-electron chi connectivity index (χ2n) is 6.83. The summed E-state index contributed by atoms with van der Waals surface area (Å²) in [6.07, 6.45) is 11.7. The fourth-order valence-corrected chi connectivity index (χ4v) is 3.12. The first-order valence-electron chi connectivity index (χ1n) is 8.80. The highest BCUT2D eigenvalue weighted by Gasteiger charge is 2.23. The van der Waals surface area contributed by atoms with E-state index in [1.54, 1.807) is 12.5 Å². The number of aryl methyl sites for hydroxylation is 1. The van der Waals surface area contributed by atoms with Crippen LogP contribution in [0.4, 0.5) is 11.6 Å². The maximum Gasteiger partial charge on any atom is 0.162 e. The lowest BCUT2D eigenvalue weighted by Gasteiger charge is -2.09.